The molecule has 14 heteroatoms. The van der Waals surface area contributed by atoms with Gasteiger partial charge < -0.3 is 15.2 Å². The summed E-state index contributed by atoms with van der Waals surface area (Å²) in [6.07, 6.45) is -3.11. The number of pyridine rings is 2. The van der Waals surface area contributed by atoms with Crippen molar-refractivity contribution in [3.05, 3.63) is 90.6 Å². The molecule has 2 aromatic heterocycles. The van der Waals surface area contributed by atoms with E-state index in [4.69, 9.17) is 15.2 Å². The first-order chi connectivity index (χ1) is 20.3. The number of halogens is 5. The minimum atomic E-state index is -4.52. The second-order valence-corrected chi connectivity index (χ2v) is 10.8. The number of nitrogens with zero attached hydrogens (tertiary/aromatic N) is 2. The van der Waals surface area contributed by atoms with Gasteiger partial charge in [0.1, 0.15) is 33.8 Å². The highest BCUT2D eigenvalue weighted by Crippen LogP contribution is 2.37. The van der Waals surface area contributed by atoms with E-state index in [-0.39, 0.29) is 23.1 Å². The van der Waals surface area contributed by atoms with Crippen LogP contribution in [0.3, 0.4) is 0 Å². The van der Waals surface area contributed by atoms with Crippen LogP contribution in [-0.4, -0.2) is 38.3 Å². The number of benzene rings is 3. The smallest absolute Gasteiger partial charge is 0.422 e. The molecular weight excluding hydrogens is 595 g/mol. The lowest BCUT2D eigenvalue weighted by Gasteiger charge is -2.15. The monoisotopic (exact) mass is 616 g/mol. The molecule has 0 aliphatic heterocycles. The lowest BCUT2D eigenvalue weighted by atomic mass is 10.0. The van der Waals surface area contributed by atoms with E-state index in [9.17, 15) is 30.4 Å². The first-order valence-corrected chi connectivity index (χ1v) is 13.8. The maximum absolute atomic E-state index is 14.2. The molecule has 0 saturated heterocycles. The maximum atomic E-state index is 14.2. The Balaban J connectivity index is 1.50. The Morgan fingerprint density at radius 1 is 0.930 bits per heavy atom. The van der Waals surface area contributed by atoms with Gasteiger partial charge in [-0.05, 0) is 42.0 Å². The van der Waals surface area contributed by atoms with Gasteiger partial charge in [0.25, 0.3) is 10.0 Å². The molecule has 0 fully saturated rings. The van der Waals surface area contributed by atoms with Gasteiger partial charge in [-0.2, -0.15) is 13.2 Å². The summed E-state index contributed by atoms with van der Waals surface area (Å²) >= 11 is 0. The van der Waals surface area contributed by atoms with Crippen LogP contribution in [0.15, 0.2) is 83.9 Å². The van der Waals surface area contributed by atoms with Crippen LogP contribution in [-0.2, 0) is 10.0 Å². The number of nitrogens with two attached hydrogens (primary N) is 1. The number of rotatable bonds is 8. The Labute approximate surface area is 242 Å². The van der Waals surface area contributed by atoms with Gasteiger partial charge in [0.05, 0.1) is 12.6 Å². The Hall–Kier alpha value is -4.98. The van der Waals surface area contributed by atoms with E-state index >= 15 is 0 Å². The molecule has 0 spiro atoms. The molecule has 43 heavy (non-hydrogen) atoms. The van der Waals surface area contributed by atoms with Crippen LogP contribution in [0.2, 0.25) is 0 Å². The first kappa shape index (κ1) is 29.5. The lowest BCUT2D eigenvalue weighted by molar-refractivity contribution is -0.153. The SMILES string of the molecule is COc1ncc(-c2ccc3cc(-c4ccccc4OCC(F)(F)F)c(N)nc3c2)cc1NS(=O)(=O)c1ccc(F)cc1F. The maximum Gasteiger partial charge on any atom is 0.422 e. The summed E-state index contributed by atoms with van der Waals surface area (Å²) in [5.74, 6) is -2.29. The van der Waals surface area contributed by atoms with Crippen molar-refractivity contribution in [3.8, 4) is 33.9 Å². The van der Waals surface area contributed by atoms with Crippen LogP contribution >= 0.6 is 0 Å². The molecule has 0 radical (unpaired) electrons. The lowest BCUT2D eigenvalue weighted by Crippen LogP contribution is -2.19. The Morgan fingerprint density at radius 2 is 1.70 bits per heavy atom. The van der Waals surface area contributed by atoms with Crippen molar-refractivity contribution in [2.75, 3.05) is 24.2 Å². The van der Waals surface area contributed by atoms with Crippen LogP contribution in [0.4, 0.5) is 33.5 Å². The van der Waals surface area contributed by atoms with Crippen LogP contribution in [0.5, 0.6) is 11.6 Å². The van der Waals surface area contributed by atoms with E-state index < -0.39 is 39.3 Å². The van der Waals surface area contributed by atoms with Gasteiger partial charge in [0.2, 0.25) is 5.88 Å². The predicted octanol–water partition coefficient (Wildman–Crippen LogP) is 6.57. The number of aromatic nitrogens is 2. The average Bonchev–Trinajstić information content (AvgIpc) is 2.95. The fourth-order valence-corrected chi connectivity index (χ4v) is 5.40. The van der Waals surface area contributed by atoms with Crippen LogP contribution in [0, 0.1) is 11.6 Å². The molecule has 0 aliphatic rings. The van der Waals surface area contributed by atoms with Crippen LogP contribution < -0.4 is 19.9 Å². The average molecular weight is 617 g/mol. The summed E-state index contributed by atoms with van der Waals surface area (Å²) in [6.45, 7) is -1.47. The number of anilines is 2. The minimum absolute atomic E-state index is 0.0101. The highest BCUT2D eigenvalue weighted by atomic mass is 32.2. The number of hydrogen-bond donors (Lipinski definition) is 2. The van der Waals surface area contributed by atoms with E-state index in [0.717, 1.165) is 12.1 Å². The third kappa shape index (κ3) is 6.43. The van der Waals surface area contributed by atoms with Gasteiger partial charge in [-0.1, -0.05) is 30.3 Å². The van der Waals surface area contributed by atoms with Crippen molar-refractivity contribution < 1.29 is 39.8 Å². The molecule has 3 aromatic carbocycles. The summed E-state index contributed by atoms with van der Waals surface area (Å²) in [5.41, 5.74) is 8.21. The molecule has 0 bridgehead atoms. The van der Waals surface area contributed by atoms with E-state index in [0.29, 0.717) is 39.2 Å². The largest absolute Gasteiger partial charge is 0.483 e. The molecule has 0 atom stereocenters. The second-order valence-electron chi connectivity index (χ2n) is 9.19. The Kier molecular flexibility index (Phi) is 7.80. The zero-order chi connectivity index (χ0) is 30.9. The number of alkyl halides is 3. The number of hydrogen-bond acceptors (Lipinski definition) is 7. The quantitative estimate of drug-likeness (QED) is 0.189. The molecule has 5 rings (SSSR count). The van der Waals surface area contributed by atoms with Crippen molar-refractivity contribution in [3.63, 3.8) is 0 Å². The van der Waals surface area contributed by atoms with E-state index in [1.807, 2.05) is 0 Å². The Morgan fingerprint density at radius 3 is 2.42 bits per heavy atom. The van der Waals surface area contributed by atoms with E-state index in [1.54, 1.807) is 42.5 Å². The summed E-state index contributed by atoms with van der Waals surface area (Å²) in [5, 5.41) is 0.604. The summed E-state index contributed by atoms with van der Waals surface area (Å²) in [4.78, 5) is 7.80. The number of para-hydroxylation sites is 1. The fourth-order valence-electron chi connectivity index (χ4n) is 4.29. The number of nitrogens with one attached hydrogen (secondary N) is 1. The summed E-state index contributed by atoms with van der Waals surface area (Å²) in [7, 11) is -3.22. The number of methoxy groups -OCH3 is 1. The number of ether oxygens (including phenoxy) is 2. The normalized spacial score (nSPS) is 11.9. The van der Waals surface area contributed by atoms with Crippen molar-refractivity contribution in [2.24, 2.45) is 0 Å². The minimum Gasteiger partial charge on any atom is -0.483 e. The van der Waals surface area contributed by atoms with E-state index in [2.05, 4.69) is 14.7 Å². The van der Waals surface area contributed by atoms with Crippen molar-refractivity contribution in [1.82, 2.24) is 9.97 Å². The highest BCUT2D eigenvalue weighted by Gasteiger charge is 2.29. The summed E-state index contributed by atoms with van der Waals surface area (Å²) < 4.78 is 104. The van der Waals surface area contributed by atoms with Crippen LogP contribution in [0.25, 0.3) is 33.2 Å². The van der Waals surface area contributed by atoms with Crippen molar-refractivity contribution >= 4 is 32.4 Å². The fraction of sp³-hybridized carbons (Fsp3) is 0.103. The molecule has 0 amide bonds. The molecule has 8 nitrogen and oxygen atoms in total. The number of nitrogen functional groups attached to an aromatic ring is 1. The van der Waals surface area contributed by atoms with Crippen LogP contribution in [0.1, 0.15) is 0 Å². The standard InChI is InChI=1S/C29H21F5N4O4S/c1-41-28-24(38-43(39,40)26-9-8-19(30)13-22(26)31)12-18(14-36-28)16-6-7-17-10-21(27(35)37-23(17)11-16)20-4-2-3-5-25(20)42-15-29(32,33)34/h2-14,38H,15H2,1H3,(H2,35,37). The number of fused-ring (bicyclic) bond motifs is 1. The molecule has 222 valence electrons. The Bertz CT molecular complexity index is 1950. The van der Waals surface area contributed by atoms with Crippen molar-refractivity contribution in [2.45, 2.75) is 11.1 Å². The molecule has 2 heterocycles. The van der Waals surface area contributed by atoms with Gasteiger partial charge in [-0.15, -0.1) is 0 Å². The van der Waals surface area contributed by atoms with E-state index in [1.165, 1.54) is 25.4 Å². The molecule has 0 saturated carbocycles. The third-order valence-electron chi connectivity index (χ3n) is 6.22. The van der Waals surface area contributed by atoms with Gasteiger partial charge in [-0.3, -0.25) is 4.72 Å². The number of sulfonamides is 1. The third-order valence-corrected chi connectivity index (χ3v) is 7.62. The van der Waals surface area contributed by atoms with Gasteiger partial charge in [-0.25, -0.2) is 27.2 Å². The zero-order valence-electron chi connectivity index (χ0n) is 22.1. The van der Waals surface area contributed by atoms with Gasteiger partial charge >= 0.3 is 6.18 Å². The first-order valence-electron chi connectivity index (χ1n) is 12.4. The van der Waals surface area contributed by atoms with Gasteiger partial charge in [0, 0.05) is 34.3 Å². The van der Waals surface area contributed by atoms with Gasteiger partial charge in [0.15, 0.2) is 6.61 Å². The summed E-state index contributed by atoms with van der Waals surface area (Å²) in [6, 6.07) is 16.3. The molecule has 3 N–H and O–H groups in total. The topological polar surface area (TPSA) is 116 Å². The zero-order valence-corrected chi connectivity index (χ0v) is 22.9. The predicted molar refractivity (Wildman–Crippen MR) is 150 cm³/mol. The molecule has 0 aliphatic carbocycles. The second kappa shape index (κ2) is 11.4. The molecule has 5 aromatic rings. The molecular formula is C29H21F5N4O4S. The highest BCUT2D eigenvalue weighted by molar-refractivity contribution is 7.92. The molecule has 0 unspecified atom stereocenters. The van der Waals surface area contributed by atoms with Crippen molar-refractivity contribution in [1.29, 1.82) is 0 Å².